The smallest absolute Gasteiger partial charge is 0.422 e. The largest absolute Gasteiger partial charge is 0.449 e. The van der Waals surface area contributed by atoms with E-state index < -0.39 is 16.3 Å². The number of hydrogen-bond donors (Lipinski definition) is 2. The Hall–Kier alpha value is -1.96. The number of nitrogens with zero attached hydrogens (tertiary/aromatic N) is 1. The molecule has 0 aliphatic heterocycles. The third-order valence-corrected chi connectivity index (χ3v) is 3.76. The third kappa shape index (κ3) is 4.30. The lowest BCUT2D eigenvalue weighted by Gasteiger charge is -2.23. The molecule has 0 aliphatic rings. The van der Waals surface area contributed by atoms with Gasteiger partial charge in [-0.25, -0.2) is 9.52 Å². The zero-order chi connectivity index (χ0) is 15.2. The number of anilines is 2. The number of carbonyl (C=O) groups is 1. The molecule has 1 aromatic rings. The van der Waals surface area contributed by atoms with Crippen LogP contribution in [0.2, 0.25) is 0 Å². The van der Waals surface area contributed by atoms with Crippen molar-refractivity contribution in [2.45, 2.75) is 20.3 Å². The number of nitrogens with two attached hydrogens (primary N) is 1. The van der Waals surface area contributed by atoms with Gasteiger partial charge in [0.1, 0.15) is 0 Å². The standard InChI is InChI=1S/C12H19N3O4S/c1-3-8-15(11-7-5-6-10(13)9-11)20(17,18)14-12(16)19-4-2/h5-7,9H,3-4,8,13H2,1-2H3,(H,14,16). The summed E-state index contributed by atoms with van der Waals surface area (Å²) in [6.07, 6.45) is -0.420. The molecule has 0 spiro atoms. The lowest BCUT2D eigenvalue weighted by molar-refractivity contribution is 0.158. The molecule has 0 aromatic heterocycles. The van der Waals surface area contributed by atoms with Crippen molar-refractivity contribution in [1.29, 1.82) is 0 Å². The SMILES string of the molecule is CCCN(c1cccc(N)c1)S(=O)(=O)NC(=O)OCC. The average molecular weight is 301 g/mol. The van der Waals surface area contributed by atoms with E-state index in [0.29, 0.717) is 17.8 Å². The van der Waals surface area contributed by atoms with Crippen LogP contribution in [0, 0.1) is 0 Å². The first-order valence-corrected chi connectivity index (χ1v) is 7.67. The van der Waals surface area contributed by atoms with Crippen LogP contribution in [0.25, 0.3) is 0 Å². The minimum absolute atomic E-state index is 0.0907. The summed E-state index contributed by atoms with van der Waals surface area (Å²) in [7, 11) is -4.02. The molecular weight excluding hydrogens is 282 g/mol. The molecule has 0 atom stereocenters. The first kappa shape index (κ1) is 16.1. The number of rotatable bonds is 6. The fraction of sp³-hybridized carbons (Fsp3) is 0.417. The van der Waals surface area contributed by atoms with Gasteiger partial charge < -0.3 is 10.5 Å². The van der Waals surface area contributed by atoms with Crippen molar-refractivity contribution in [3.8, 4) is 0 Å². The van der Waals surface area contributed by atoms with Crippen LogP contribution in [0.5, 0.6) is 0 Å². The summed E-state index contributed by atoms with van der Waals surface area (Å²) in [5.74, 6) is 0. The first-order chi connectivity index (χ1) is 9.40. The highest BCUT2D eigenvalue weighted by Gasteiger charge is 2.24. The molecule has 112 valence electrons. The molecule has 3 N–H and O–H groups in total. The van der Waals surface area contributed by atoms with Gasteiger partial charge in [-0.1, -0.05) is 13.0 Å². The average Bonchev–Trinajstić information content (AvgIpc) is 2.35. The summed E-state index contributed by atoms with van der Waals surface area (Å²) in [6.45, 7) is 3.73. The van der Waals surface area contributed by atoms with Crippen molar-refractivity contribution in [2.75, 3.05) is 23.2 Å². The van der Waals surface area contributed by atoms with Crippen molar-refractivity contribution in [1.82, 2.24) is 4.72 Å². The Kier molecular flexibility index (Phi) is 5.63. The normalized spacial score (nSPS) is 10.9. The highest BCUT2D eigenvalue weighted by atomic mass is 32.2. The molecule has 0 heterocycles. The summed E-state index contributed by atoms with van der Waals surface area (Å²) < 4.78 is 31.9. The Morgan fingerprint density at radius 2 is 2.10 bits per heavy atom. The van der Waals surface area contributed by atoms with E-state index >= 15 is 0 Å². The Labute approximate surface area is 118 Å². The van der Waals surface area contributed by atoms with Gasteiger partial charge in [-0.3, -0.25) is 4.31 Å². The molecule has 0 bridgehead atoms. The Morgan fingerprint density at radius 1 is 1.40 bits per heavy atom. The van der Waals surface area contributed by atoms with Gasteiger partial charge in [0.05, 0.1) is 12.3 Å². The Balaban J connectivity index is 3.03. The molecule has 0 aliphatic carbocycles. The fourth-order valence-electron chi connectivity index (χ4n) is 1.59. The molecule has 1 rings (SSSR count). The van der Waals surface area contributed by atoms with Crippen LogP contribution in [0.3, 0.4) is 0 Å². The van der Waals surface area contributed by atoms with Crippen molar-refractivity contribution in [2.24, 2.45) is 0 Å². The van der Waals surface area contributed by atoms with Crippen LogP contribution in [0.4, 0.5) is 16.2 Å². The summed E-state index contributed by atoms with van der Waals surface area (Å²) in [4.78, 5) is 11.3. The third-order valence-electron chi connectivity index (χ3n) is 2.36. The molecule has 0 fully saturated rings. The van der Waals surface area contributed by atoms with Crippen molar-refractivity contribution < 1.29 is 17.9 Å². The van der Waals surface area contributed by atoms with Gasteiger partial charge in [0.2, 0.25) is 0 Å². The number of nitrogens with one attached hydrogen (secondary N) is 1. The highest BCUT2D eigenvalue weighted by Crippen LogP contribution is 2.20. The maximum absolute atomic E-state index is 12.2. The quantitative estimate of drug-likeness (QED) is 0.775. The van der Waals surface area contributed by atoms with Gasteiger partial charge in [0.25, 0.3) is 0 Å². The van der Waals surface area contributed by atoms with Gasteiger partial charge >= 0.3 is 16.3 Å². The zero-order valence-corrected chi connectivity index (χ0v) is 12.3. The summed E-state index contributed by atoms with van der Waals surface area (Å²) >= 11 is 0. The molecule has 1 amide bonds. The minimum atomic E-state index is -4.02. The molecule has 1 aromatic carbocycles. The van der Waals surface area contributed by atoms with E-state index in [9.17, 15) is 13.2 Å². The van der Waals surface area contributed by atoms with Gasteiger partial charge in [0.15, 0.2) is 0 Å². The summed E-state index contributed by atoms with van der Waals surface area (Å²) in [5.41, 5.74) is 6.48. The van der Waals surface area contributed by atoms with E-state index in [1.54, 1.807) is 25.1 Å². The lowest BCUT2D eigenvalue weighted by Crippen LogP contribution is -2.44. The van der Waals surface area contributed by atoms with Crippen molar-refractivity contribution in [3.05, 3.63) is 24.3 Å². The van der Waals surface area contributed by atoms with Crippen LogP contribution in [-0.2, 0) is 14.9 Å². The van der Waals surface area contributed by atoms with E-state index in [1.807, 2.05) is 11.6 Å². The second kappa shape index (κ2) is 6.99. The number of nitrogen functional groups attached to an aromatic ring is 1. The number of hydrogen-bond acceptors (Lipinski definition) is 5. The second-order valence-corrected chi connectivity index (χ2v) is 5.59. The van der Waals surface area contributed by atoms with E-state index in [-0.39, 0.29) is 13.2 Å². The fourth-order valence-corrected chi connectivity index (χ4v) is 2.79. The van der Waals surface area contributed by atoms with Gasteiger partial charge in [-0.15, -0.1) is 0 Å². The zero-order valence-electron chi connectivity index (χ0n) is 11.5. The van der Waals surface area contributed by atoms with E-state index in [1.165, 1.54) is 6.07 Å². The van der Waals surface area contributed by atoms with E-state index in [4.69, 9.17) is 5.73 Å². The van der Waals surface area contributed by atoms with Crippen LogP contribution >= 0.6 is 0 Å². The molecule has 0 unspecified atom stereocenters. The van der Waals surface area contributed by atoms with Crippen molar-refractivity contribution in [3.63, 3.8) is 0 Å². The van der Waals surface area contributed by atoms with E-state index in [0.717, 1.165) is 4.31 Å². The van der Waals surface area contributed by atoms with E-state index in [2.05, 4.69) is 4.74 Å². The predicted molar refractivity (Wildman–Crippen MR) is 77.6 cm³/mol. The molecule has 8 heteroatoms. The monoisotopic (exact) mass is 301 g/mol. The minimum Gasteiger partial charge on any atom is -0.449 e. The number of amides is 1. The maximum atomic E-state index is 12.2. The maximum Gasteiger partial charge on any atom is 0.422 e. The van der Waals surface area contributed by atoms with Gasteiger partial charge in [-0.2, -0.15) is 8.42 Å². The number of benzene rings is 1. The van der Waals surface area contributed by atoms with Crippen LogP contribution in [-0.4, -0.2) is 27.7 Å². The molecule has 20 heavy (non-hydrogen) atoms. The number of carbonyl (C=O) groups excluding carboxylic acids is 1. The molecular formula is C12H19N3O4S. The van der Waals surface area contributed by atoms with Crippen LogP contribution < -0.4 is 14.8 Å². The topological polar surface area (TPSA) is 102 Å². The second-order valence-electron chi connectivity index (χ2n) is 3.99. The van der Waals surface area contributed by atoms with Crippen LogP contribution in [0.15, 0.2) is 24.3 Å². The molecule has 0 saturated carbocycles. The first-order valence-electron chi connectivity index (χ1n) is 6.23. The molecule has 0 saturated heterocycles. The Bertz CT molecular complexity index is 560. The number of ether oxygens (including phenoxy) is 1. The molecule has 7 nitrogen and oxygen atoms in total. The Morgan fingerprint density at radius 3 is 2.65 bits per heavy atom. The van der Waals surface area contributed by atoms with Crippen molar-refractivity contribution >= 4 is 27.7 Å². The van der Waals surface area contributed by atoms with Gasteiger partial charge in [0, 0.05) is 12.2 Å². The summed E-state index contributed by atoms with van der Waals surface area (Å²) in [5, 5.41) is 0. The predicted octanol–water partition coefficient (Wildman–Crippen LogP) is 1.48. The lowest BCUT2D eigenvalue weighted by atomic mass is 10.3. The highest BCUT2D eigenvalue weighted by molar-refractivity contribution is 7.91. The summed E-state index contributed by atoms with van der Waals surface area (Å²) in [6, 6.07) is 6.43. The van der Waals surface area contributed by atoms with Gasteiger partial charge in [-0.05, 0) is 31.5 Å². The van der Waals surface area contributed by atoms with Crippen LogP contribution in [0.1, 0.15) is 20.3 Å². The molecule has 0 radical (unpaired) electrons.